The highest BCUT2D eigenvalue weighted by molar-refractivity contribution is 5.79. The molecule has 0 unspecified atom stereocenters. The van der Waals surface area contributed by atoms with Gasteiger partial charge < -0.3 is 10.6 Å². The summed E-state index contributed by atoms with van der Waals surface area (Å²) in [6, 6.07) is 20.6. The molecule has 1 aromatic heterocycles. The molecule has 0 aliphatic rings. The highest BCUT2D eigenvalue weighted by atomic mass is 15.3. The van der Waals surface area contributed by atoms with Gasteiger partial charge in [-0.2, -0.15) is 5.10 Å². The van der Waals surface area contributed by atoms with Crippen molar-refractivity contribution in [2.75, 3.05) is 7.05 Å². The Bertz CT molecular complexity index is 794. The fourth-order valence-corrected chi connectivity index (χ4v) is 2.63. The molecule has 1 heterocycles. The summed E-state index contributed by atoms with van der Waals surface area (Å²) in [7, 11) is 1.79. The Kier molecular flexibility index (Phi) is 5.82. The molecule has 3 rings (SSSR count). The maximum atomic E-state index is 4.30. The SMILES string of the molecule is CN=C(NCc1ccccc1)NCc1ccccc1Cn1cccn1. The van der Waals surface area contributed by atoms with Crippen LogP contribution in [0.1, 0.15) is 16.7 Å². The van der Waals surface area contributed by atoms with Crippen LogP contribution < -0.4 is 10.6 Å². The van der Waals surface area contributed by atoms with Crippen LogP contribution in [0.15, 0.2) is 78.0 Å². The van der Waals surface area contributed by atoms with Crippen molar-refractivity contribution in [2.24, 2.45) is 4.99 Å². The standard InChI is InChI=1S/C20H23N5/c1-21-20(22-14-17-8-3-2-4-9-17)23-15-18-10-5-6-11-19(18)16-25-13-7-12-24-25/h2-13H,14-16H2,1H3,(H2,21,22,23). The van der Waals surface area contributed by atoms with Crippen molar-refractivity contribution in [1.82, 2.24) is 20.4 Å². The number of hydrogen-bond donors (Lipinski definition) is 2. The van der Waals surface area contributed by atoms with Gasteiger partial charge in [-0.15, -0.1) is 0 Å². The van der Waals surface area contributed by atoms with Crippen LogP contribution >= 0.6 is 0 Å². The predicted molar refractivity (Wildman–Crippen MR) is 101 cm³/mol. The van der Waals surface area contributed by atoms with Crippen molar-refractivity contribution >= 4 is 5.96 Å². The van der Waals surface area contributed by atoms with E-state index in [-0.39, 0.29) is 0 Å². The van der Waals surface area contributed by atoms with E-state index in [1.165, 1.54) is 16.7 Å². The van der Waals surface area contributed by atoms with E-state index in [0.717, 1.165) is 19.0 Å². The van der Waals surface area contributed by atoms with Gasteiger partial charge in [-0.25, -0.2) is 0 Å². The number of aliphatic imine (C=N–C) groups is 1. The quantitative estimate of drug-likeness (QED) is 0.539. The van der Waals surface area contributed by atoms with Crippen molar-refractivity contribution in [2.45, 2.75) is 19.6 Å². The first-order chi connectivity index (χ1) is 12.3. The van der Waals surface area contributed by atoms with Crippen molar-refractivity contribution in [1.29, 1.82) is 0 Å². The lowest BCUT2D eigenvalue weighted by atomic mass is 10.1. The van der Waals surface area contributed by atoms with Gasteiger partial charge in [0.15, 0.2) is 5.96 Å². The lowest BCUT2D eigenvalue weighted by Crippen LogP contribution is -2.36. The second-order valence-corrected chi connectivity index (χ2v) is 5.74. The van der Waals surface area contributed by atoms with Crippen molar-refractivity contribution in [3.8, 4) is 0 Å². The van der Waals surface area contributed by atoms with Crippen LogP contribution in [0.2, 0.25) is 0 Å². The molecule has 0 radical (unpaired) electrons. The molecule has 0 fully saturated rings. The van der Waals surface area contributed by atoms with E-state index >= 15 is 0 Å². The highest BCUT2D eigenvalue weighted by Gasteiger charge is 2.04. The van der Waals surface area contributed by atoms with Crippen LogP contribution in [0.25, 0.3) is 0 Å². The summed E-state index contributed by atoms with van der Waals surface area (Å²) in [5.74, 6) is 0.790. The van der Waals surface area contributed by atoms with E-state index in [9.17, 15) is 0 Å². The number of nitrogens with one attached hydrogen (secondary N) is 2. The molecule has 25 heavy (non-hydrogen) atoms. The zero-order valence-corrected chi connectivity index (χ0v) is 14.4. The first-order valence-electron chi connectivity index (χ1n) is 8.38. The Balaban J connectivity index is 1.58. The summed E-state index contributed by atoms with van der Waals surface area (Å²) in [4.78, 5) is 4.30. The van der Waals surface area contributed by atoms with Crippen LogP contribution in [0.4, 0.5) is 0 Å². The van der Waals surface area contributed by atoms with Crippen LogP contribution in [0.3, 0.4) is 0 Å². The summed E-state index contributed by atoms with van der Waals surface area (Å²) < 4.78 is 1.93. The molecule has 128 valence electrons. The molecule has 0 atom stereocenters. The van der Waals surface area contributed by atoms with Crippen LogP contribution in [-0.2, 0) is 19.6 Å². The van der Waals surface area contributed by atoms with Gasteiger partial charge in [0.2, 0.25) is 0 Å². The fourth-order valence-electron chi connectivity index (χ4n) is 2.63. The lowest BCUT2D eigenvalue weighted by molar-refractivity contribution is 0.677. The Labute approximate surface area is 148 Å². The van der Waals surface area contributed by atoms with E-state index < -0.39 is 0 Å². The van der Waals surface area contributed by atoms with Crippen LogP contribution in [0.5, 0.6) is 0 Å². The summed E-state index contributed by atoms with van der Waals surface area (Å²) in [5.41, 5.74) is 3.71. The van der Waals surface area contributed by atoms with Crippen LogP contribution in [0, 0.1) is 0 Å². The number of aromatic nitrogens is 2. The molecule has 2 N–H and O–H groups in total. The zero-order chi connectivity index (χ0) is 17.3. The third kappa shape index (κ3) is 4.94. The molecule has 0 spiro atoms. The van der Waals surface area contributed by atoms with Crippen molar-refractivity contribution in [3.05, 3.63) is 89.7 Å². The summed E-state index contributed by atoms with van der Waals surface area (Å²) in [5, 5.41) is 11.0. The minimum Gasteiger partial charge on any atom is -0.352 e. The molecule has 5 heteroatoms. The maximum Gasteiger partial charge on any atom is 0.191 e. The third-order valence-electron chi connectivity index (χ3n) is 3.98. The number of rotatable bonds is 6. The van der Waals surface area contributed by atoms with Gasteiger partial charge in [-0.05, 0) is 22.8 Å². The minimum atomic E-state index is 0.714. The molecular formula is C20H23N5. The van der Waals surface area contributed by atoms with Crippen LogP contribution in [-0.4, -0.2) is 22.8 Å². The average Bonchev–Trinajstić information content (AvgIpc) is 3.17. The highest BCUT2D eigenvalue weighted by Crippen LogP contribution is 2.10. The molecule has 0 saturated carbocycles. The Hall–Kier alpha value is -3.08. The van der Waals surface area contributed by atoms with Gasteiger partial charge >= 0.3 is 0 Å². The predicted octanol–water partition coefficient (Wildman–Crippen LogP) is 2.80. The van der Waals surface area contributed by atoms with E-state index in [2.05, 4.69) is 57.1 Å². The first-order valence-corrected chi connectivity index (χ1v) is 8.38. The minimum absolute atomic E-state index is 0.714. The molecule has 0 saturated heterocycles. The van der Waals surface area contributed by atoms with Crippen molar-refractivity contribution < 1.29 is 0 Å². The molecule has 0 amide bonds. The van der Waals surface area contributed by atoms with Gasteiger partial charge in [0.25, 0.3) is 0 Å². The molecule has 5 nitrogen and oxygen atoms in total. The normalized spacial score (nSPS) is 11.3. The Morgan fingerprint density at radius 1 is 0.920 bits per heavy atom. The monoisotopic (exact) mass is 333 g/mol. The smallest absolute Gasteiger partial charge is 0.191 e. The van der Waals surface area contributed by atoms with Gasteiger partial charge in [-0.3, -0.25) is 9.67 Å². The average molecular weight is 333 g/mol. The second-order valence-electron chi connectivity index (χ2n) is 5.74. The van der Waals surface area contributed by atoms with E-state index in [0.29, 0.717) is 6.54 Å². The molecule has 3 aromatic rings. The topological polar surface area (TPSA) is 54.2 Å². The number of guanidine groups is 1. The number of hydrogen-bond acceptors (Lipinski definition) is 2. The molecule has 0 bridgehead atoms. The van der Waals surface area contributed by atoms with Gasteiger partial charge in [0, 0.05) is 32.5 Å². The van der Waals surface area contributed by atoms with Gasteiger partial charge in [-0.1, -0.05) is 54.6 Å². The summed E-state index contributed by atoms with van der Waals surface area (Å²) in [6.45, 7) is 2.22. The summed E-state index contributed by atoms with van der Waals surface area (Å²) >= 11 is 0. The second kappa shape index (κ2) is 8.68. The third-order valence-corrected chi connectivity index (χ3v) is 3.98. The molecule has 0 aliphatic heterocycles. The summed E-state index contributed by atoms with van der Waals surface area (Å²) in [6.07, 6.45) is 3.78. The van der Waals surface area contributed by atoms with E-state index in [1.807, 2.05) is 35.1 Å². The maximum absolute atomic E-state index is 4.30. The largest absolute Gasteiger partial charge is 0.352 e. The molecule has 2 aromatic carbocycles. The fraction of sp³-hybridized carbons (Fsp3) is 0.200. The first kappa shape index (κ1) is 16.8. The number of benzene rings is 2. The van der Waals surface area contributed by atoms with Gasteiger partial charge in [0.05, 0.1) is 6.54 Å². The number of nitrogens with zero attached hydrogens (tertiary/aromatic N) is 3. The Morgan fingerprint density at radius 2 is 1.64 bits per heavy atom. The molecule has 0 aliphatic carbocycles. The van der Waals surface area contributed by atoms with E-state index in [4.69, 9.17) is 0 Å². The molecular weight excluding hydrogens is 310 g/mol. The Morgan fingerprint density at radius 3 is 2.36 bits per heavy atom. The van der Waals surface area contributed by atoms with Crippen molar-refractivity contribution in [3.63, 3.8) is 0 Å². The van der Waals surface area contributed by atoms with E-state index in [1.54, 1.807) is 13.2 Å². The lowest BCUT2D eigenvalue weighted by Gasteiger charge is -2.14. The zero-order valence-electron chi connectivity index (χ0n) is 14.4. The van der Waals surface area contributed by atoms with Gasteiger partial charge in [0.1, 0.15) is 0 Å².